The van der Waals surface area contributed by atoms with Crippen molar-refractivity contribution in [3.63, 3.8) is 0 Å². The number of benzene rings is 1. The molecule has 2 rings (SSSR count). The number of allylic oxidation sites excluding steroid dienone is 1. The van der Waals surface area contributed by atoms with Crippen LogP contribution in [-0.2, 0) is 16.0 Å². The average Bonchev–Trinajstić information content (AvgIpc) is 2.28. The van der Waals surface area contributed by atoms with Gasteiger partial charge in [0.05, 0.1) is 12.2 Å². The molecule has 0 heterocycles. The van der Waals surface area contributed by atoms with Crippen LogP contribution in [0, 0.1) is 0 Å². The largest absolute Gasteiger partial charge is 0.462 e. The molecular formula is C13H14O2. The summed E-state index contributed by atoms with van der Waals surface area (Å²) >= 11 is 0. The van der Waals surface area contributed by atoms with Crippen LogP contribution in [0.5, 0.6) is 0 Å². The van der Waals surface area contributed by atoms with E-state index in [1.54, 1.807) is 0 Å². The van der Waals surface area contributed by atoms with E-state index in [2.05, 4.69) is 6.07 Å². The monoisotopic (exact) mass is 202 g/mol. The number of aryl methyl sites for hydroxylation is 1. The summed E-state index contributed by atoms with van der Waals surface area (Å²) < 4.78 is 5.03. The van der Waals surface area contributed by atoms with Gasteiger partial charge in [0.1, 0.15) is 0 Å². The summed E-state index contributed by atoms with van der Waals surface area (Å²) in [5, 5.41) is 0. The Hall–Kier alpha value is -1.57. The van der Waals surface area contributed by atoms with Gasteiger partial charge in [0.25, 0.3) is 0 Å². The van der Waals surface area contributed by atoms with Crippen molar-refractivity contribution in [2.24, 2.45) is 0 Å². The van der Waals surface area contributed by atoms with E-state index in [1.807, 2.05) is 31.2 Å². The van der Waals surface area contributed by atoms with Crippen molar-refractivity contribution in [2.45, 2.75) is 19.8 Å². The maximum absolute atomic E-state index is 11.7. The van der Waals surface area contributed by atoms with Crippen molar-refractivity contribution >= 4 is 11.5 Å². The average molecular weight is 202 g/mol. The number of rotatable bonds is 2. The fourth-order valence-electron chi connectivity index (χ4n) is 1.89. The molecule has 0 unspecified atom stereocenters. The Morgan fingerprint density at radius 2 is 2.20 bits per heavy atom. The summed E-state index contributed by atoms with van der Waals surface area (Å²) in [7, 11) is 0. The van der Waals surface area contributed by atoms with E-state index < -0.39 is 0 Å². The third kappa shape index (κ3) is 1.94. The SMILES string of the molecule is CCOC(=O)C1=CCCc2ccccc21. The van der Waals surface area contributed by atoms with E-state index in [0.717, 1.165) is 24.0 Å². The molecule has 1 aliphatic carbocycles. The molecule has 1 aliphatic rings. The topological polar surface area (TPSA) is 26.3 Å². The van der Waals surface area contributed by atoms with E-state index in [-0.39, 0.29) is 5.97 Å². The molecule has 0 amide bonds. The van der Waals surface area contributed by atoms with Gasteiger partial charge in [-0.15, -0.1) is 0 Å². The summed E-state index contributed by atoms with van der Waals surface area (Å²) in [4.78, 5) is 11.7. The summed E-state index contributed by atoms with van der Waals surface area (Å²) in [5.74, 6) is -0.204. The second-order valence-electron chi connectivity index (χ2n) is 3.53. The Kier molecular flexibility index (Phi) is 2.86. The molecule has 2 heteroatoms. The number of ether oxygens (including phenoxy) is 1. The molecule has 0 saturated heterocycles. The molecule has 0 aromatic heterocycles. The first-order chi connectivity index (χ1) is 7.33. The van der Waals surface area contributed by atoms with Crippen LogP contribution in [0.1, 0.15) is 24.5 Å². The van der Waals surface area contributed by atoms with Gasteiger partial charge in [0.15, 0.2) is 0 Å². The van der Waals surface area contributed by atoms with Gasteiger partial charge < -0.3 is 4.74 Å². The lowest BCUT2D eigenvalue weighted by Gasteiger charge is -2.16. The van der Waals surface area contributed by atoms with Gasteiger partial charge in [-0.2, -0.15) is 0 Å². The lowest BCUT2D eigenvalue weighted by molar-refractivity contribution is -0.136. The number of esters is 1. The molecule has 2 nitrogen and oxygen atoms in total. The predicted molar refractivity (Wildman–Crippen MR) is 59.4 cm³/mol. The van der Waals surface area contributed by atoms with Crippen molar-refractivity contribution in [3.8, 4) is 0 Å². The van der Waals surface area contributed by atoms with Gasteiger partial charge >= 0.3 is 5.97 Å². The van der Waals surface area contributed by atoms with Gasteiger partial charge in [0, 0.05) is 0 Å². The number of carbonyl (C=O) groups is 1. The number of hydrogen-bond acceptors (Lipinski definition) is 2. The van der Waals surface area contributed by atoms with Crippen molar-refractivity contribution in [1.29, 1.82) is 0 Å². The van der Waals surface area contributed by atoms with Gasteiger partial charge in [-0.25, -0.2) is 4.79 Å². The fraction of sp³-hybridized carbons (Fsp3) is 0.308. The number of fused-ring (bicyclic) bond motifs is 1. The Labute approximate surface area is 89.6 Å². The molecule has 1 aromatic rings. The summed E-state index contributed by atoms with van der Waals surface area (Å²) in [6.07, 6.45) is 3.91. The van der Waals surface area contributed by atoms with Gasteiger partial charge in [-0.3, -0.25) is 0 Å². The van der Waals surface area contributed by atoms with Crippen LogP contribution in [0.2, 0.25) is 0 Å². The van der Waals surface area contributed by atoms with Gasteiger partial charge in [-0.05, 0) is 30.9 Å². The second kappa shape index (κ2) is 4.30. The van der Waals surface area contributed by atoms with Crippen LogP contribution < -0.4 is 0 Å². The minimum absolute atomic E-state index is 0.204. The van der Waals surface area contributed by atoms with Crippen molar-refractivity contribution in [2.75, 3.05) is 6.61 Å². The molecule has 0 aliphatic heterocycles. The molecule has 0 spiro atoms. The molecule has 1 aromatic carbocycles. The van der Waals surface area contributed by atoms with E-state index in [0.29, 0.717) is 6.61 Å². The Balaban J connectivity index is 2.34. The van der Waals surface area contributed by atoms with Crippen molar-refractivity contribution < 1.29 is 9.53 Å². The zero-order valence-electron chi connectivity index (χ0n) is 8.82. The Bertz CT molecular complexity index is 405. The molecule has 78 valence electrons. The summed E-state index contributed by atoms with van der Waals surface area (Å²) in [6.45, 7) is 2.26. The van der Waals surface area contributed by atoms with Gasteiger partial charge in [0.2, 0.25) is 0 Å². The summed E-state index contributed by atoms with van der Waals surface area (Å²) in [6, 6.07) is 8.02. The highest BCUT2D eigenvalue weighted by atomic mass is 16.5. The fourth-order valence-corrected chi connectivity index (χ4v) is 1.89. The Morgan fingerprint density at radius 3 is 3.00 bits per heavy atom. The molecule has 0 radical (unpaired) electrons. The standard InChI is InChI=1S/C13H14O2/c1-2-15-13(14)12-9-5-7-10-6-3-4-8-11(10)12/h3-4,6,8-9H,2,5,7H2,1H3. The molecule has 0 fully saturated rings. The lowest BCUT2D eigenvalue weighted by atomic mass is 9.91. The zero-order valence-corrected chi connectivity index (χ0v) is 8.82. The molecule has 0 N–H and O–H groups in total. The molecule has 0 bridgehead atoms. The highest BCUT2D eigenvalue weighted by Gasteiger charge is 2.18. The van der Waals surface area contributed by atoms with Crippen LogP contribution >= 0.6 is 0 Å². The second-order valence-corrected chi connectivity index (χ2v) is 3.53. The molecule has 15 heavy (non-hydrogen) atoms. The van der Waals surface area contributed by atoms with E-state index in [1.165, 1.54) is 5.56 Å². The van der Waals surface area contributed by atoms with Crippen LogP contribution in [0.4, 0.5) is 0 Å². The lowest BCUT2D eigenvalue weighted by Crippen LogP contribution is -2.11. The van der Waals surface area contributed by atoms with Gasteiger partial charge in [-0.1, -0.05) is 30.3 Å². The third-order valence-electron chi connectivity index (χ3n) is 2.57. The predicted octanol–water partition coefficient (Wildman–Crippen LogP) is 2.58. The first-order valence-corrected chi connectivity index (χ1v) is 5.28. The summed E-state index contributed by atoms with van der Waals surface area (Å²) in [5.41, 5.74) is 2.99. The van der Waals surface area contributed by atoms with E-state index in [9.17, 15) is 4.79 Å². The van der Waals surface area contributed by atoms with Crippen LogP contribution in [0.25, 0.3) is 5.57 Å². The molecule has 0 atom stereocenters. The third-order valence-corrected chi connectivity index (χ3v) is 2.57. The van der Waals surface area contributed by atoms with Crippen LogP contribution in [0.15, 0.2) is 30.3 Å². The minimum Gasteiger partial charge on any atom is -0.462 e. The zero-order chi connectivity index (χ0) is 10.7. The Morgan fingerprint density at radius 1 is 1.40 bits per heavy atom. The molecular weight excluding hydrogens is 188 g/mol. The quantitative estimate of drug-likeness (QED) is 0.689. The van der Waals surface area contributed by atoms with Crippen molar-refractivity contribution in [1.82, 2.24) is 0 Å². The highest BCUT2D eigenvalue weighted by molar-refractivity contribution is 6.17. The van der Waals surface area contributed by atoms with Crippen LogP contribution in [-0.4, -0.2) is 12.6 Å². The number of carbonyl (C=O) groups excluding carboxylic acids is 1. The minimum atomic E-state index is -0.204. The van der Waals surface area contributed by atoms with Crippen LogP contribution in [0.3, 0.4) is 0 Å². The normalized spacial score (nSPS) is 14.1. The van der Waals surface area contributed by atoms with E-state index >= 15 is 0 Å². The maximum atomic E-state index is 11.7. The first-order valence-electron chi connectivity index (χ1n) is 5.28. The first kappa shape index (κ1) is 9.97. The highest BCUT2D eigenvalue weighted by Crippen LogP contribution is 2.26. The van der Waals surface area contributed by atoms with E-state index in [4.69, 9.17) is 4.74 Å². The number of hydrogen-bond donors (Lipinski definition) is 0. The smallest absolute Gasteiger partial charge is 0.338 e. The van der Waals surface area contributed by atoms with Crippen molar-refractivity contribution in [3.05, 3.63) is 41.5 Å². The molecule has 0 saturated carbocycles. The maximum Gasteiger partial charge on any atom is 0.338 e.